The summed E-state index contributed by atoms with van der Waals surface area (Å²) in [7, 11) is 1.79. The van der Waals surface area contributed by atoms with E-state index in [1.807, 2.05) is 13.8 Å². The first-order valence-electron chi connectivity index (χ1n) is 7.38. The van der Waals surface area contributed by atoms with E-state index in [2.05, 4.69) is 10.6 Å². The lowest BCUT2D eigenvalue weighted by Crippen LogP contribution is -2.52. The van der Waals surface area contributed by atoms with Gasteiger partial charge >= 0.3 is 0 Å². The van der Waals surface area contributed by atoms with Crippen molar-refractivity contribution in [1.82, 2.24) is 15.5 Å². The van der Waals surface area contributed by atoms with Crippen molar-refractivity contribution in [3.8, 4) is 0 Å². The summed E-state index contributed by atoms with van der Waals surface area (Å²) in [6.07, 6.45) is 0. The van der Waals surface area contributed by atoms with Crippen molar-refractivity contribution in [2.75, 3.05) is 20.1 Å². The predicted molar refractivity (Wildman–Crippen MR) is 82.5 cm³/mol. The number of carbonyl (C=O) groups excluding carboxylic acids is 3. The zero-order valence-corrected chi connectivity index (χ0v) is 13.1. The first-order valence-corrected chi connectivity index (χ1v) is 7.38. The summed E-state index contributed by atoms with van der Waals surface area (Å²) in [6, 6.07) is 5.86. The average molecular weight is 303 g/mol. The van der Waals surface area contributed by atoms with Crippen LogP contribution in [0.4, 0.5) is 0 Å². The van der Waals surface area contributed by atoms with E-state index < -0.39 is 17.9 Å². The molecule has 0 saturated carbocycles. The Morgan fingerprint density at radius 1 is 1.09 bits per heavy atom. The SMILES string of the molecule is CNCCNC(=O)C(C(C)C)N1C(=O)c2ccccc2C1=O. The number of hydrogen-bond acceptors (Lipinski definition) is 4. The number of benzene rings is 1. The molecule has 22 heavy (non-hydrogen) atoms. The Morgan fingerprint density at radius 3 is 2.09 bits per heavy atom. The number of nitrogens with zero attached hydrogens (tertiary/aromatic N) is 1. The van der Waals surface area contributed by atoms with Gasteiger partial charge in [0.2, 0.25) is 5.91 Å². The third-order valence-corrected chi connectivity index (χ3v) is 3.68. The number of imide groups is 1. The standard InChI is InChI=1S/C16H21N3O3/c1-10(2)13(14(20)18-9-8-17-3)19-15(21)11-6-4-5-7-12(11)16(19)22/h4-7,10,13,17H,8-9H2,1-3H3,(H,18,20). The van der Waals surface area contributed by atoms with Gasteiger partial charge in [-0.05, 0) is 25.1 Å². The summed E-state index contributed by atoms with van der Waals surface area (Å²) in [6.45, 7) is 4.72. The third-order valence-electron chi connectivity index (χ3n) is 3.68. The maximum absolute atomic E-state index is 12.5. The number of nitrogens with one attached hydrogen (secondary N) is 2. The van der Waals surface area contributed by atoms with Crippen LogP contribution < -0.4 is 10.6 Å². The molecule has 1 aliphatic heterocycles. The van der Waals surface area contributed by atoms with Gasteiger partial charge < -0.3 is 10.6 Å². The van der Waals surface area contributed by atoms with Crippen molar-refractivity contribution in [2.45, 2.75) is 19.9 Å². The van der Waals surface area contributed by atoms with Crippen LogP contribution in [0.2, 0.25) is 0 Å². The molecule has 0 aliphatic carbocycles. The van der Waals surface area contributed by atoms with E-state index in [-0.39, 0.29) is 11.8 Å². The van der Waals surface area contributed by atoms with Gasteiger partial charge in [0, 0.05) is 13.1 Å². The molecule has 0 radical (unpaired) electrons. The number of likely N-dealkylation sites (N-methyl/N-ethyl adjacent to an activating group) is 1. The predicted octanol–water partition coefficient (Wildman–Crippen LogP) is 0.643. The molecular weight excluding hydrogens is 282 g/mol. The maximum atomic E-state index is 12.5. The van der Waals surface area contributed by atoms with Crippen molar-refractivity contribution in [3.63, 3.8) is 0 Å². The maximum Gasteiger partial charge on any atom is 0.262 e. The van der Waals surface area contributed by atoms with Gasteiger partial charge in [-0.1, -0.05) is 26.0 Å². The Labute approximate surface area is 129 Å². The molecule has 1 aromatic carbocycles. The highest BCUT2D eigenvalue weighted by molar-refractivity contribution is 6.22. The van der Waals surface area contributed by atoms with Crippen LogP contribution in [0.5, 0.6) is 0 Å². The number of fused-ring (bicyclic) bond motifs is 1. The lowest BCUT2D eigenvalue weighted by atomic mass is 10.0. The summed E-state index contributed by atoms with van der Waals surface area (Å²) in [5, 5.41) is 5.69. The lowest BCUT2D eigenvalue weighted by molar-refractivity contribution is -0.126. The molecule has 6 nitrogen and oxygen atoms in total. The van der Waals surface area contributed by atoms with Gasteiger partial charge in [-0.25, -0.2) is 0 Å². The number of hydrogen-bond donors (Lipinski definition) is 2. The second-order valence-corrected chi connectivity index (χ2v) is 5.61. The zero-order chi connectivity index (χ0) is 16.3. The molecule has 0 fully saturated rings. The average Bonchev–Trinajstić information content (AvgIpc) is 2.73. The van der Waals surface area contributed by atoms with Gasteiger partial charge in [-0.2, -0.15) is 0 Å². The van der Waals surface area contributed by atoms with E-state index >= 15 is 0 Å². The highest BCUT2D eigenvalue weighted by atomic mass is 16.2. The van der Waals surface area contributed by atoms with Crippen LogP contribution in [-0.4, -0.2) is 48.8 Å². The Balaban J connectivity index is 2.25. The fraction of sp³-hybridized carbons (Fsp3) is 0.438. The summed E-state index contributed by atoms with van der Waals surface area (Å²) in [4.78, 5) is 38.5. The molecule has 0 bridgehead atoms. The molecule has 1 atom stereocenters. The molecule has 1 aliphatic rings. The normalized spacial score (nSPS) is 15.2. The second-order valence-electron chi connectivity index (χ2n) is 5.61. The molecule has 1 aromatic rings. The minimum absolute atomic E-state index is 0.170. The Morgan fingerprint density at radius 2 is 1.64 bits per heavy atom. The Hall–Kier alpha value is -2.21. The van der Waals surface area contributed by atoms with Gasteiger partial charge in [-0.3, -0.25) is 19.3 Å². The highest BCUT2D eigenvalue weighted by Crippen LogP contribution is 2.27. The van der Waals surface area contributed by atoms with E-state index in [9.17, 15) is 14.4 Å². The largest absolute Gasteiger partial charge is 0.353 e. The number of amides is 3. The molecule has 0 saturated heterocycles. The van der Waals surface area contributed by atoms with Crippen molar-refractivity contribution < 1.29 is 14.4 Å². The van der Waals surface area contributed by atoms with Crippen LogP contribution in [-0.2, 0) is 4.79 Å². The summed E-state index contributed by atoms with van der Waals surface area (Å²) in [5.74, 6) is -1.28. The van der Waals surface area contributed by atoms with Crippen LogP contribution in [0.3, 0.4) is 0 Å². The highest BCUT2D eigenvalue weighted by Gasteiger charge is 2.43. The molecule has 1 heterocycles. The fourth-order valence-electron chi connectivity index (χ4n) is 2.59. The van der Waals surface area contributed by atoms with E-state index in [1.54, 1.807) is 31.3 Å². The van der Waals surface area contributed by atoms with Crippen molar-refractivity contribution in [2.24, 2.45) is 5.92 Å². The minimum Gasteiger partial charge on any atom is -0.353 e. The van der Waals surface area contributed by atoms with Crippen molar-refractivity contribution in [1.29, 1.82) is 0 Å². The van der Waals surface area contributed by atoms with Gasteiger partial charge in [0.1, 0.15) is 6.04 Å². The topological polar surface area (TPSA) is 78.5 Å². The quantitative estimate of drug-likeness (QED) is 0.597. The lowest BCUT2D eigenvalue weighted by Gasteiger charge is -2.28. The zero-order valence-electron chi connectivity index (χ0n) is 13.1. The summed E-state index contributed by atoms with van der Waals surface area (Å²) >= 11 is 0. The molecule has 0 aromatic heterocycles. The van der Waals surface area contributed by atoms with Gasteiger partial charge in [-0.15, -0.1) is 0 Å². The fourth-order valence-corrected chi connectivity index (χ4v) is 2.59. The van der Waals surface area contributed by atoms with Crippen LogP contribution in [0, 0.1) is 5.92 Å². The van der Waals surface area contributed by atoms with Crippen molar-refractivity contribution in [3.05, 3.63) is 35.4 Å². The monoisotopic (exact) mass is 303 g/mol. The van der Waals surface area contributed by atoms with Gasteiger partial charge in [0.25, 0.3) is 11.8 Å². The molecule has 1 unspecified atom stereocenters. The number of rotatable bonds is 6. The minimum atomic E-state index is -0.802. The van der Waals surface area contributed by atoms with E-state index in [1.165, 1.54) is 0 Å². The molecule has 2 N–H and O–H groups in total. The number of carbonyl (C=O) groups is 3. The molecule has 3 amide bonds. The molecular formula is C16H21N3O3. The molecule has 0 spiro atoms. The van der Waals surface area contributed by atoms with Crippen molar-refractivity contribution >= 4 is 17.7 Å². The first kappa shape index (κ1) is 16.2. The van der Waals surface area contributed by atoms with Crippen LogP contribution in [0.1, 0.15) is 34.6 Å². The first-order chi connectivity index (χ1) is 10.5. The molecule has 118 valence electrons. The Kier molecular flexibility index (Phi) is 4.92. The molecule has 2 rings (SSSR count). The van der Waals surface area contributed by atoms with Crippen LogP contribution in [0.15, 0.2) is 24.3 Å². The molecule has 6 heteroatoms. The van der Waals surface area contributed by atoms with Gasteiger partial charge in [0.15, 0.2) is 0 Å². The Bertz CT molecular complexity index is 563. The third kappa shape index (κ3) is 2.87. The van der Waals surface area contributed by atoms with Crippen LogP contribution >= 0.6 is 0 Å². The smallest absolute Gasteiger partial charge is 0.262 e. The van der Waals surface area contributed by atoms with Crippen LogP contribution in [0.25, 0.3) is 0 Å². The van der Waals surface area contributed by atoms with Gasteiger partial charge in [0.05, 0.1) is 11.1 Å². The van der Waals surface area contributed by atoms with E-state index in [0.29, 0.717) is 24.2 Å². The van der Waals surface area contributed by atoms with E-state index in [0.717, 1.165) is 4.90 Å². The van der Waals surface area contributed by atoms with E-state index in [4.69, 9.17) is 0 Å². The summed E-state index contributed by atoms with van der Waals surface area (Å²) < 4.78 is 0. The summed E-state index contributed by atoms with van der Waals surface area (Å²) in [5.41, 5.74) is 0.724. The second kappa shape index (κ2) is 6.70.